The Morgan fingerprint density at radius 2 is 1.87 bits per heavy atom. The Kier molecular flexibility index (Phi) is 6.14. The number of esters is 1. The Morgan fingerprint density at radius 1 is 1.13 bits per heavy atom. The molecule has 0 aromatic carbocycles. The molecule has 10 atom stereocenters. The second kappa shape index (κ2) is 8.43. The van der Waals surface area contributed by atoms with Gasteiger partial charge in [-0.05, 0) is 51.9 Å². The molecule has 0 radical (unpaired) electrons. The maximum atomic E-state index is 11.7. The van der Waals surface area contributed by atoms with Crippen molar-refractivity contribution in [2.24, 2.45) is 0 Å². The lowest BCUT2D eigenvalue weighted by Gasteiger charge is -2.47. The summed E-state index contributed by atoms with van der Waals surface area (Å²) in [6.45, 7) is 3.95. The van der Waals surface area contributed by atoms with Crippen LogP contribution in [0.4, 0.5) is 0 Å². The molecule has 7 nitrogen and oxygen atoms in total. The van der Waals surface area contributed by atoms with Crippen LogP contribution in [-0.2, 0) is 33.2 Å². The molecule has 0 aliphatic carbocycles. The monoisotopic (exact) mass is 554 g/mol. The highest BCUT2D eigenvalue weighted by molar-refractivity contribution is 14.1. The van der Waals surface area contributed by atoms with Crippen LogP contribution < -0.4 is 0 Å². The lowest BCUT2D eigenvalue weighted by atomic mass is 9.87. The quantitative estimate of drug-likeness (QED) is 0.272. The molecule has 30 heavy (non-hydrogen) atoms. The number of methoxy groups -OCH3 is 1. The minimum atomic E-state index is -0.722. The normalized spacial score (nSPS) is 46.9. The summed E-state index contributed by atoms with van der Waals surface area (Å²) in [6, 6.07) is 0. The van der Waals surface area contributed by atoms with Crippen molar-refractivity contribution in [1.82, 2.24) is 0 Å². The molecule has 6 saturated heterocycles. The van der Waals surface area contributed by atoms with Crippen molar-refractivity contribution in [3.8, 4) is 0 Å². The lowest BCUT2D eigenvalue weighted by Crippen LogP contribution is -2.61. The summed E-state index contributed by atoms with van der Waals surface area (Å²) in [7, 11) is 1.40. The van der Waals surface area contributed by atoms with E-state index in [0.717, 1.165) is 29.3 Å². The molecule has 6 fully saturated rings. The van der Waals surface area contributed by atoms with Crippen LogP contribution in [0.5, 0.6) is 0 Å². The molecule has 6 heterocycles. The van der Waals surface area contributed by atoms with E-state index in [1.54, 1.807) is 0 Å². The fourth-order valence-corrected chi connectivity index (χ4v) is 6.70. The minimum Gasteiger partial charge on any atom is -0.469 e. The zero-order valence-electron chi connectivity index (χ0n) is 17.0. The molecule has 6 bridgehead atoms. The second-order valence-electron chi connectivity index (χ2n) is 9.00. The Balaban J connectivity index is 1.32. The van der Waals surface area contributed by atoms with Gasteiger partial charge in [-0.15, -0.1) is 11.6 Å². The summed E-state index contributed by atoms with van der Waals surface area (Å²) in [5, 5.41) is -0.00654. The Bertz CT molecular complexity index is 707. The molecule has 168 valence electrons. The highest BCUT2D eigenvalue weighted by Crippen LogP contribution is 2.54. The summed E-state index contributed by atoms with van der Waals surface area (Å²) >= 11 is 8.73. The fourth-order valence-electron chi connectivity index (χ4n) is 5.62. The van der Waals surface area contributed by atoms with Gasteiger partial charge in [-0.2, -0.15) is 0 Å². The van der Waals surface area contributed by atoms with E-state index >= 15 is 0 Å². The van der Waals surface area contributed by atoms with E-state index in [4.69, 9.17) is 40.0 Å². The van der Waals surface area contributed by atoms with Crippen molar-refractivity contribution >= 4 is 40.2 Å². The Morgan fingerprint density at radius 3 is 2.63 bits per heavy atom. The molecule has 0 saturated carbocycles. The first kappa shape index (κ1) is 21.9. The van der Waals surface area contributed by atoms with Crippen LogP contribution in [0.2, 0.25) is 0 Å². The molecule has 0 amide bonds. The predicted molar refractivity (Wildman–Crippen MR) is 116 cm³/mol. The standard InChI is InChI=1S/C21H28ClIO7/c1-10(23)7-11(22)5-6-21-9-14-17(29-21)18-19(28-14)20(30-21)16-13(27-18)4-3-12(26-16)8-15(24)25-2/h11-14,16-20H,1,3-9H2,2H3/t11-,12-,13+,14?,16+,17?,18+,19-,20+,21+/m1/s1. The number of hydrogen-bond acceptors (Lipinski definition) is 7. The number of carbonyl (C=O) groups excluding carboxylic acids is 1. The van der Waals surface area contributed by atoms with Crippen molar-refractivity contribution in [3.63, 3.8) is 0 Å². The van der Waals surface area contributed by atoms with Gasteiger partial charge in [0, 0.05) is 18.2 Å². The predicted octanol–water partition coefficient (Wildman–Crippen LogP) is 3.24. The van der Waals surface area contributed by atoms with Crippen LogP contribution in [-0.4, -0.2) is 73.1 Å². The number of carbonyl (C=O) groups is 1. The number of allylic oxidation sites excluding steroid dienone is 1. The highest BCUT2D eigenvalue weighted by Gasteiger charge is 2.68. The first-order chi connectivity index (χ1) is 14.4. The van der Waals surface area contributed by atoms with E-state index in [2.05, 4.69) is 29.2 Å². The lowest BCUT2D eigenvalue weighted by molar-refractivity contribution is -0.292. The van der Waals surface area contributed by atoms with Gasteiger partial charge in [0.05, 0.1) is 31.8 Å². The number of alkyl halides is 1. The highest BCUT2D eigenvalue weighted by atomic mass is 127. The maximum absolute atomic E-state index is 11.7. The fraction of sp³-hybridized carbons (Fsp3) is 0.857. The van der Waals surface area contributed by atoms with Gasteiger partial charge < -0.3 is 28.4 Å². The van der Waals surface area contributed by atoms with Crippen molar-refractivity contribution in [1.29, 1.82) is 0 Å². The topological polar surface area (TPSA) is 72.5 Å². The van der Waals surface area contributed by atoms with E-state index in [0.29, 0.717) is 12.8 Å². The van der Waals surface area contributed by atoms with Crippen LogP contribution in [0.3, 0.4) is 0 Å². The summed E-state index contributed by atoms with van der Waals surface area (Å²) in [4.78, 5) is 11.7. The SMILES string of the molecule is C=C(I)C[C@H](Cl)CC[C@@]12CC3O[C@H]4[C@@H](O1)[C@H]1O[C@@H](CC(=O)OC)CC[C@@H]1O[C@H]4C3O2. The Labute approximate surface area is 195 Å². The average molecular weight is 555 g/mol. The van der Waals surface area contributed by atoms with Gasteiger partial charge in [0.25, 0.3) is 0 Å². The Hall–Kier alpha value is 0.0300. The molecule has 0 N–H and O–H groups in total. The molecule has 9 heteroatoms. The zero-order chi connectivity index (χ0) is 21.0. The van der Waals surface area contributed by atoms with Crippen molar-refractivity contribution in [2.45, 2.75) is 105 Å². The average Bonchev–Trinajstić information content (AvgIpc) is 3.11. The van der Waals surface area contributed by atoms with Gasteiger partial charge in [0.1, 0.15) is 30.5 Å². The minimum absolute atomic E-state index is 0.00654. The molecule has 6 rings (SSSR count). The van der Waals surface area contributed by atoms with Crippen LogP contribution in [0.15, 0.2) is 10.2 Å². The van der Waals surface area contributed by atoms with Gasteiger partial charge in [-0.3, -0.25) is 4.79 Å². The maximum Gasteiger partial charge on any atom is 0.308 e. The largest absolute Gasteiger partial charge is 0.469 e. The summed E-state index contributed by atoms with van der Waals surface area (Å²) in [5.74, 6) is -0.987. The van der Waals surface area contributed by atoms with Crippen LogP contribution >= 0.6 is 34.2 Å². The molecule has 6 aliphatic rings. The third-order valence-corrected chi connectivity index (χ3v) is 7.74. The van der Waals surface area contributed by atoms with Crippen LogP contribution in [0.1, 0.15) is 44.9 Å². The first-order valence-electron chi connectivity index (χ1n) is 10.7. The number of hydrogen-bond donors (Lipinski definition) is 0. The number of rotatable bonds is 7. The number of fused-ring (bicyclic) bond motifs is 1. The third-order valence-electron chi connectivity index (χ3n) is 6.93. The van der Waals surface area contributed by atoms with Crippen LogP contribution in [0.25, 0.3) is 0 Å². The van der Waals surface area contributed by atoms with Gasteiger partial charge in [0.2, 0.25) is 0 Å². The molecule has 0 spiro atoms. The third kappa shape index (κ3) is 3.95. The summed E-state index contributed by atoms with van der Waals surface area (Å²) < 4.78 is 38.1. The number of halogens is 2. The van der Waals surface area contributed by atoms with E-state index in [1.165, 1.54) is 7.11 Å². The molecule has 2 unspecified atom stereocenters. The van der Waals surface area contributed by atoms with Gasteiger partial charge in [0.15, 0.2) is 5.79 Å². The molecular formula is C21H28ClIO7. The molecular weight excluding hydrogens is 527 g/mol. The van der Waals surface area contributed by atoms with Crippen molar-refractivity contribution in [3.05, 3.63) is 10.2 Å². The van der Waals surface area contributed by atoms with Crippen LogP contribution in [0, 0.1) is 0 Å². The molecule has 0 aromatic rings. The van der Waals surface area contributed by atoms with Gasteiger partial charge >= 0.3 is 5.97 Å². The van der Waals surface area contributed by atoms with E-state index in [-0.39, 0.29) is 66.6 Å². The second-order valence-corrected chi connectivity index (χ2v) is 11.1. The van der Waals surface area contributed by atoms with E-state index < -0.39 is 5.79 Å². The van der Waals surface area contributed by atoms with E-state index in [9.17, 15) is 4.79 Å². The smallest absolute Gasteiger partial charge is 0.308 e. The van der Waals surface area contributed by atoms with Gasteiger partial charge in [-0.25, -0.2) is 0 Å². The van der Waals surface area contributed by atoms with Crippen molar-refractivity contribution in [2.75, 3.05) is 7.11 Å². The van der Waals surface area contributed by atoms with E-state index in [1.807, 2.05) is 0 Å². The van der Waals surface area contributed by atoms with Gasteiger partial charge in [-0.1, -0.05) is 6.58 Å². The number of ether oxygens (including phenoxy) is 6. The van der Waals surface area contributed by atoms with Crippen molar-refractivity contribution < 1.29 is 33.2 Å². The zero-order valence-corrected chi connectivity index (χ0v) is 19.9. The summed E-state index contributed by atoms with van der Waals surface area (Å²) in [6.07, 6.45) is 3.43. The molecule has 0 aromatic heterocycles. The summed E-state index contributed by atoms with van der Waals surface area (Å²) in [5.41, 5.74) is 0. The molecule has 6 aliphatic heterocycles. The first-order valence-corrected chi connectivity index (χ1v) is 12.3.